The molecule has 0 fully saturated rings. The number of nitrogens with two attached hydrogens (primary N) is 1. The third-order valence-electron chi connectivity index (χ3n) is 3.43. The zero-order valence-electron chi connectivity index (χ0n) is 11.0. The van der Waals surface area contributed by atoms with Gasteiger partial charge in [0.15, 0.2) is 0 Å². The Morgan fingerprint density at radius 1 is 1.00 bits per heavy atom. The molecule has 0 unspecified atom stereocenters. The fourth-order valence-corrected chi connectivity index (χ4v) is 2.91. The molecule has 0 saturated carbocycles. The maximum absolute atomic E-state index is 5.88. The van der Waals surface area contributed by atoms with Gasteiger partial charge in [0.25, 0.3) is 0 Å². The molecule has 4 nitrogen and oxygen atoms in total. The molecule has 6 heteroatoms. The highest BCUT2D eigenvalue weighted by atomic mass is 79.9. The van der Waals surface area contributed by atoms with Gasteiger partial charge in [0.2, 0.25) is 0 Å². The van der Waals surface area contributed by atoms with E-state index >= 15 is 0 Å². The minimum Gasteiger partial charge on any atom is -0.398 e. The number of rotatable bonds is 1. The smallest absolute Gasteiger partial charge is 0.129 e. The number of anilines is 1. The van der Waals surface area contributed by atoms with Crippen LogP contribution >= 0.6 is 31.9 Å². The minimum atomic E-state index is 0.660. The first-order valence-electron chi connectivity index (χ1n) is 6.06. The van der Waals surface area contributed by atoms with Crippen LogP contribution in [0.4, 0.5) is 5.69 Å². The summed E-state index contributed by atoms with van der Waals surface area (Å²) in [5, 5.41) is 9.06. The van der Waals surface area contributed by atoms with Crippen molar-refractivity contribution in [3.8, 4) is 5.69 Å². The Bertz CT molecular complexity index is 824. The first-order valence-corrected chi connectivity index (χ1v) is 7.64. The third kappa shape index (κ3) is 2.03. The van der Waals surface area contributed by atoms with E-state index in [0.29, 0.717) is 5.69 Å². The predicted molar refractivity (Wildman–Crippen MR) is 88.2 cm³/mol. The van der Waals surface area contributed by atoms with Gasteiger partial charge in [-0.1, -0.05) is 15.9 Å². The molecule has 0 aliphatic carbocycles. The van der Waals surface area contributed by atoms with Crippen LogP contribution in [0.1, 0.15) is 11.1 Å². The summed E-state index contributed by atoms with van der Waals surface area (Å²) in [6.07, 6.45) is 0. The van der Waals surface area contributed by atoms with Crippen molar-refractivity contribution in [3.63, 3.8) is 0 Å². The van der Waals surface area contributed by atoms with Crippen molar-refractivity contribution in [2.24, 2.45) is 0 Å². The molecule has 1 aromatic heterocycles. The van der Waals surface area contributed by atoms with E-state index in [1.165, 1.54) is 5.56 Å². The quantitative estimate of drug-likeness (QED) is 0.629. The zero-order chi connectivity index (χ0) is 14.4. The van der Waals surface area contributed by atoms with E-state index in [1.807, 2.05) is 24.3 Å². The second kappa shape index (κ2) is 4.86. The normalized spacial score (nSPS) is 11.2. The van der Waals surface area contributed by atoms with E-state index in [2.05, 4.69) is 55.9 Å². The summed E-state index contributed by atoms with van der Waals surface area (Å²) in [6, 6.07) is 7.71. The van der Waals surface area contributed by atoms with Gasteiger partial charge in [-0.2, -0.15) is 4.80 Å². The standard InChI is InChI=1S/C14H12Br2N4/c1-7-8(2)12(6-3-9(7)15)20-18-11-5-4-10(17)13(16)14(11)19-20/h3-6H,17H2,1-2H3. The van der Waals surface area contributed by atoms with Crippen molar-refractivity contribution >= 4 is 48.6 Å². The molecule has 0 bridgehead atoms. The fraction of sp³-hybridized carbons (Fsp3) is 0.143. The Kier molecular flexibility index (Phi) is 3.30. The van der Waals surface area contributed by atoms with Crippen molar-refractivity contribution in [2.45, 2.75) is 13.8 Å². The summed E-state index contributed by atoms with van der Waals surface area (Å²) in [4.78, 5) is 1.66. The molecule has 1 heterocycles. The lowest BCUT2D eigenvalue weighted by atomic mass is 10.1. The number of benzene rings is 2. The van der Waals surface area contributed by atoms with Crippen LogP contribution in [0.3, 0.4) is 0 Å². The van der Waals surface area contributed by atoms with E-state index in [9.17, 15) is 0 Å². The Labute approximate surface area is 133 Å². The molecular weight excluding hydrogens is 384 g/mol. The van der Waals surface area contributed by atoms with Crippen LogP contribution < -0.4 is 5.73 Å². The van der Waals surface area contributed by atoms with Gasteiger partial charge in [-0.15, -0.1) is 10.2 Å². The zero-order valence-corrected chi connectivity index (χ0v) is 14.2. The number of hydrogen-bond donors (Lipinski definition) is 1. The molecule has 0 aliphatic heterocycles. The van der Waals surface area contributed by atoms with Gasteiger partial charge >= 0.3 is 0 Å². The Morgan fingerprint density at radius 2 is 1.75 bits per heavy atom. The van der Waals surface area contributed by atoms with Crippen LogP contribution in [0.2, 0.25) is 0 Å². The highest BCUT2D eigenvalue weighted by Gasteiger charge is 2.12. The van der Waals surface area contributed by atoms with Crippen molar-refractivity contribution in [2.75, 3.05) is 5.73 Å². The van der Waals surface area contributed by atoms with E-state index < -0.39 is 0 Å². The Hall–Kier alpha value is -1.40. The number of nitrogens with zero attached hydrogens (tertiary/aromatic N) is 3. The number of halogens is 2. The maximum Gasteiger partial charge on any atom is 0.129 e. The van der Waals surface area contributed by atoms with Crippen molar-refractivity contribution < 1.29 is 0 Å². The minimum absolute atomic E-state index is 0.660. The largest absolute Gasteiger partial charge is 0.398 e. The summed E-state index contributed by atoms with van der Waals surface area (Å²) < 4.78 is 1.87. The van der Waals surface area contributed by atoms with E-state index in [-0.39, 0.29) is 0 Å². The monoisotopic (exact) mass is 394 g/mol. The molecule has 2 aromatic carbocycles. The van der Waals surface area contributed by atoms with E-state index in [1.54, 1.807) is 4.80 Å². The average molecular weight is 396 g/mol. The summed E-state index contributed by atoms with van der Waals surface area (Å²) in [6.45, 7) is 4.13. The van der Waals surface area contributed by atoms with Gasteiger partial charge in [-0.25, -0.2) is 0 Å². The second-order valence-electron chi connectivity index (χ2n) is 4.64. The first-order chi connectivity index (χ1) is 9.49. The highest BCUT2D eigenvalue weighted by molar-refractivity contribution is 9.11. The first kappa shape index (κ1) is 13.6. The molecule has 0 atom stereocenters. The molecule has 0 radical (unpaired) electrons. The SMILES string of the molecule is Cc1c(Br)ccc(-n2nc3ccc(N)c(Br)c3n2)c1C. The number of aromatic nitrogens is 3. The van der Waals surface area contributed by atoms with E-state index in [0.717, 1.165) is 31.2 Å². The van der Waals surface area contributed by atoms with Crippen molar-refractivity contribution in [1.29, 1.82) is 0 Å². The lowest BCUT2D eigenvalue weighted by molar-refractivity contribution is 0.759. The summed E-state index contributed by atoms with van der Waals surface area (Å²) in [5.74, 6) is 0. The lowest BCUT2D eigenvalue weighted by Gasteiger charge is -2.08. The number of nitrogen functional groups attached to an aromatic ring is 1. The highest BCUT2D eigenvalue weighted by Crippen LogP contribution is 2.29. The molecule has 0 amide bonds. The van der Waals surface area contributed by atoms with Crippen LogP contribution in [0.5, 0.6) is 0 Å². The van der Waals surface area contributed by atoms with Crippen LogP contribution in [-0.4, -0.2) is 15.0 Å². The maximum atomic E-state index is 5.88. The fourth-order valence-electron chi connectivity index (χ4n) is 2.06. The van der Waals surface area contributed by atoms with Crippen molar-refractivity contribution in [1.82, 2.24) is 15.0 Å². The van der Waals surface area contributed by atoms with Crippen molar-refractivity contribution in [3.05, 3.63) is 44.3 Å². The third-order valence-corrected chi connectivity index (χ3v) is 5.12. The molecule has 102 valence electrons. The van der Waals surface area contributed by atoms with Gasteiger partial charge in [0, 0.05) is 10.2 Å². The molecule has 2 N–H and O–H groups in total. The molecule has 0 saturated heterocycles. The summed E-state index contributed by atoms with van der Waals surface area (Å²) >= 11 is 7.00. The van der Waals surface area contributed by atoms with Crippen LogP contribution in [0.25, 0.3) is 16.7 Å². The summed E-state index contributed by atoms with van der Waals surface area (Å²) in [5.41, 5.74) is 11.4. The van der Waals surface area contributed by atoms with Gasteiger partial charge in [-0.05, 0) is 65.2 Å². The molecule has 20 heavy (non-hydrogen) atoms. The average Bonchev–Trinajstić information content (AvgIpc) is 2.85. The molecule has 0 spiro atoms. The molecule has 3 rings (SSSR count). The molecular formula is C14H12Br2N4. The number of hydrogen-bond acceptors (Lipinski definition) is 3. The second-order valence-corrected chi connectivity index (χ2v) is 6.29. The summed E-state index contributed by atoms with van der Waals surface area (Å²) in [7, 11) is 0. The van der Waals surface area contributed by atoms with Crippen LogP contribution in [0.15, 0.2) is 33.2 Å². The van der Waals surface area contributed by atoms with Gasteiger partial charge in [0.1, 0.15) is 11.0 Å². The van der Waals surface area contributed by atoms with Gasteiger partial charge in [0.05, 0.1) is 10.2 Å². The lowest BCUT2D eigenvalue weighted by Crippen LogP contribution is -2.02. The van der Waals surface area contributed by atoms with Crippen LogP contribution in [-0.2, 0) is 0 Å². The Morgan fingerprint density at radius 3 is 2.50 bits per heavy atom. The molecule has 0 aliphatic rings. The van der Waals surface area contributed by atoms with Gasteiger partial charge in [-0.3, -0.25) is 0 Å². The van der Waals surface area contributed by atoms with Crippen LogP contribution in [0, 0.1) is 13.8 Å². The van der Waals surface area contributed by atoms with Gasteiger partial charge < -0.3 is 5.73 Å². The van der Waals surface area contributed by atoms with E-state index in [4.69, 9.17) is 5.73 Å². The molecule has 3 aromatic rings. The predicted octanol–water partition coefficient (Wildman–Crippen LogP) is 4.14. The number of fused-ring (bicyclic) bond motifs is 1. The topological polar surface area (TPSA) is 56.7 Å². The Balaban J connectivity index is 2.26.